The van der Waals surface area contributed by atoms with Gasteiger partial charge in [0.2, 0.25) is 0 Å². The molecule has 0 radical (unpaired) electrons. The van der Waals surface area contributed by atoms with Crippen molar-refractivity contribution in [3.8, 4) is 0 Å². The Morgan fingerprint density at radius 2 is 2.05 bits per heavy atom. The van der Waals surface area contributed by atoms with Crippen LogP contribution < -0.4 is 0 Å². The van der Waals surface area contributed by atoms with Crippen LogP contribution in [0.3, 0.4) is 0 Å². The Bertz CT molecular complexity index is 382. The van der Waals surface area contributed by atoms with Crippen molar-refractivity contribution in [2.75, 3.05) is 13.2 Å². The number of ether oxygens (including phenoxy) is 1. The van der Waals surface area contributed by atoms with E-state index in [0.29, 0.717) is 6.04 Å². The predicted molar refractivity (Wildman–Crippen MR) is 77.1 cm³/mol. The van der Waals surface area contributed by atoms with Gasteiger partial charge in [0, 0.05) is 18.6 Å². The monoisotopic (exact) mass is 263 g/mol. The van der Waals surface area contributed by atoms with Gasteiger partial charge in [0.25, 0.3) is 0 Å². The second-order valence-electron chi connectivity index (χ2n) is 5.50. The van der Waals surface area contributed by atoms with E-state index in [1.807, 2.05) is 30.3 Å². The fraction of sp³-hybridized carbons (Fsp3) is 0.625. The number of hydrogen-bond donors (Lipinski definition) is 1. The average molecular weight is 263 g/mol. The lowest BCUT2D eigenvalue weighted by molar-refractivity contribution is -0.0896. The Labute approximate surface area is 116 Å². The van der Waals surface area contributed by atoms with Gasteiger partial charge in [-0.2, -0.15) is 0 Å². The largest absolute Gasteiger partial charge is 0.387 e. The minimum absolute atomic E-state index is 0.110. The van der Waals surface area contributed by atoms with Crippen molar-refractivity contribution in [3.05, 3.63) is 35.9 Å². The third-order valence-electron chi connectivity index (χ3n) is 4.10. The summed E-state index contributed by atoms with van der Waals surface area (Å²) in [6.45, 7) is 8.05. The highest BCUT2D eigenvalue weighted by atomic mass is 16.5. The van der Waals surface area contributed by atoms with Crippen molar-refractivity contribution in [3.63, 3.8) is 0 Å². The average Bonchev–Trinajstić information content (AvgIpc) is 2.46. The first-order valence-electron chi connectivity index (χ1n) is 7.23. The molecule has 0 spiro atoms. The van der Waals surface area contributed by atoms with Crippen LogP contribution in [0.15, 0.2) is 30.3 Å². The molecule has 0 saturated carbocycles. The summed E-state index contributed by atoms with van der Waals surface area (Å²) in [7, 11) is 0. The van der Waals surface area contributed by atoms with Gasteiger partial charge in [-0.25, -0.2) is 0 Å². The normalized spacial score (nSPS) is 28.0. The fourth-order valence-corrected chi connectivity index (χ4v) is 2.83. The SMILES string of the molecule is CCC1COC(C)CN1C(C)C(O)c1ccccc1. The molecule has 0 aromatic heterocycles. The van der Waals surface area contributed by atoms with Crippen LogP contribution in [0, 0.1) is 0 Å². The van der Waals surface area contributed by atoms with Gasteiger partial charge in [0.1, 0.15) is 0 Å². The Balaban J connectivity index is 2.10. The van der Waals surface area contributed by atoms with Gasteiger partial charge in [-0.05, 0) is 25.8 Å². The molecule has 0 bridgehead atoms. The standard InChI is InChI=1S/C16H25NO2/c1-4-15-11-19-12(2)10-17(15)13(3)16(18)14-8-6-5-7-9-14/h5-9,12-13,15-16,18H,4,10-11H2,1-3H3. The highest BCUT2D eigenvalue weighted by Crippen LogP contribution is 2.26. The van der Waals surface area contributed by atoms with Crippen molar-refractivity contribution >= 4 is 0 Å². The molecule has 0 aliphatic carbocycles. The Morgan fingerprint density at radius 1 is 1.37 bits per heavy atom. The summed E-state index contributed by atoms with van der Waals surface area (Å²) in [6, 6.07) is 10.4. The zero-order valence-corrected chi connectivity index (χ0v) is 12.1. The molecule has 1 fully saturated rings. The lowest BCUT2D eigenvalue weighted by atomic mass is 9.99. The van der Waals surface area contributed by atoms with Crippen molar-refractivity contribution in [2.24, 2.45) is 0 Å². The quantitative estimate of drug-likeness (QED) is 0.906. The first-order chi connectivity index (χ1) is 9.13. The molecule has 1 aromatic carbocycles. The first kappa shape index (κ1) is 14.5. The van der Waals surface area contributed by atoms with Crippen LogP contribution in [0.1, 0.15) is 38.9 Å². The maximum atomic E-state index is 10.6. The van der Waals surface area contributed by atoms with E-state index in [-0.39, 0.29) is 12.1 Å². The molecule has 3 heteroatoms. The van der Waals surface area contributed by atoms with E-state index < -0.39 is 6.10 Å². The van der Waals surface area contributed by atoms with Crippen LogP contribution in [0.25, 0.3) is 0 Å². The van der Waals surface area contributed by atoms with Crippen LogP contribution in [0.2, 0.25) is 0 Å². The predicted octanol–water partition coefficient (Wildman–Crippen LogP) is 2.61. The zero-order chi connectivity index (χ0) is 13.8. The molecule has 4 atom stereocenters. The number of morpholine rings is 1. The number of aliphatic hydroxyl groups excluding tert-OH is 1. The lowest BCUT2D eigenvalue weighted by Crippen LogP contribution is -2.53. The van der Waals surface area contributed by atoms with Crippen LogP contribution in [0.4, 0.5) is 0 Å². The molecule has 19 heavy (non-hydrogen) atoms. The Kier molecular flexibility index (Phi) is 4.97. The van der Waals surface area contributed by atoms with E-state index in [4.69, 9.17) is 4.74 Å². The van der Waals surface area contributed by atoms with Gasteiger partial charge in [-0.1, -0.05) is 37.3 Å². The van der Waals surface area contributed by atoms with Gasteiger partial charge < -0.3 is 9.84 Å². The van der Waals surface area contributed by atoms with Crippen LogP contribution in [0.5, 0.6) is 0 Å². The molecule has 1 aliphatic rings. The second kappa shape index (κ2) is 6.51. The van der Waals surface area contributed by atoms with E-state index in [1.165, 1.54) is 0 Å². The smallest absolute Gasteiger partial charge is 0.0942 e. The summed E-state index contributed by atoms with van der Waals surface area (Å²) in [5.74, 6) is 0. The third kappa shape index (κ3) is 3.35. The van der Waals surface area contributed by atoms with Crippen molar-refractivity contribution in [1.82, 2.24) is 4.90 Å². The third-order valence-corrected chi connectivity index (χ3v) is 4.10. The molecule has 4 unspecified atom stereocenters. The molecule has 106 valence electrons. The van der Waals surface area contributed by atoms with E-state index in [2.05, 4.69) is 25.7 Å². The molecule has 1 heterocycles. The van der Waals surface area contributed by atoms with E-state index >= 15 is 0 Å². The van der Waals surface area contributed by atoms with Crippen LogP contribution in [-0.4, -0.2) is 41.3 Å². The molecule has 3 nitrogen and oxygen atoms in total. The highest BCUT2D eigenvalue weighted by molar-refractivity contribution is 5.18. The van der Waals surface area contributed by atoms with Crippen LogP contribution >= 0.6 is 0 Å². The lowest BCUT2D eigenvalue weighted by Gasteiger charge is -2.43. The van der Waals surface area contributed by atoms with Crippen LogP contribution in [-0.2, 0) is 4.74 Å². The number of benzene rings is 1. The minimum Gasteiger partial charge on any atom is -0.387 e. The molecule has 1 aliphatic heterocycles. The summed E-state index contributed by atoms with van der Waals surface area (Å²) in [5.41, 5.74) is 0.990. The van der Waals surface area contributed by atoms with Gasteiger partial charge >= 0.3 is 0 Å². The summed E-state index contributed by atoms with van der Waals surface area (Å²) in [6.07, 6.45) is 0.854. The summed E-state index contributed by atoms with van der Waals surface area (Å²) in [5, 5.41) is 10.6. The van der Waals surface area contributed by atoms with Crippen molar-refractivity contribution in [2.45, 2.75) is 51.5 Å². The topological polar surface area (TPSA) is 32.7 Å². The second-order valence-corrected chi connectivity index (χ2v) is 5.50. The molecular weight excluding hydrogens is 238 g/mol. The maximum absolute atomic E-state index is 10.6. The van der Waals surface area contributed by atoms with Crippen molar-refractivity contribution < 1.29 is 9.84 Å². The summed E-state index contributed by atoms with van der Waals surface area (Å²) in [4.78, 5) is 2.39. The Morgan fingerprint density at radius 3 is 2.68 bits per heavy atom. The minimum atomic E-state index is -0.444. The maximum Gasteiger partial charge on any atom is 0.0942 e. The Hall–Kier alpha value is -0.900. The van der Waals surface area contributed by atoms with E-state index in [9.17, 15) is 5.11 Å². The van der Waals surface area contributed by atoms with Gasteiger partial charge in [0.05, 0.1) is 18.8 Å². The molecule has 1 N–H and O–H groups in total. The van der Waals surface area contributed by atoms with E-state index in [0.717, 1.165) is 25.1 Å². The number of hydrogen-bond acceptors (Lipinski definition) is 3. The highest BCUT2D eigenvalue weighted by Gasteiger charge is 2.32. The number of nitrogens with zero attached hydrogens (tertiary/aromatic N) is 1. The van der Waals surface area contributed by atoms with Gasteiger partial charge in [0.15, 0.2) is 0 Å². The number of aliphatic hydroxyl groups is 1. The fourth-order valence-electron chi connectivity index (χ4n) is 2.83. The molecule has 2 rings (SSSR count). The summed E-state index contributed by atoms with van der Waals surface area (Å²) < 4.78 is 5.72. The molecule has 1 saturated heterocycles. The molecular formula is C16H25NO2. The number of rotatable bonds is 4. The summed E-state index contributed by atoms with van der Waals surface area (Å²) >= 11 is 0. The zero-order valence-electron chi connectivity index (χ0n) is 12.1. The van der Waals surface area contributed by atoms with Gasteiger partial charge in [-0.15, -0.1) is 0 Å². The molecule has 1 aromatic rings. The van der Waals surface area contributed by atoms with Crippen molar-refractivity contribution in [1.29, 1.82) is 0 Å². The molecule has 0 amide bonds. The van der Waals surface area contributed by atoms with E-state index in [1.54, 1.807) is 0 Å². The first-order valence-corrected chi connectivity index (χ1v) is 7.23. The van der Waals surface area contributed by atoms with Gasteiger partial charge in [-0.3, -0.25) is 4.90 Å².